The smallest absolute Gasteiger partial charge is 0.258 e. The van der Waals surface area contributed by atoms with Crippen molar-refractivity contribution in [2.75, 3.05) is 39.4 Å². The molecule has 1 aliphatic rings. The Labute approximate surface area is 178 Å². The topological polar surface area (TPSA) is 105 Å². The Morgan fingerprint density at radius 1 is 1.03 bits per heavy atom. The summed E-state index contributed by atoms with van der Waals surface area (Å²) in [7, 11) is -3.67. The molecule has 1 saturated heterocycles. The third-order valence-corrected chi connectivity index (χ3v) is 7.15. The third kappa shape index (κ3) is 3.85. The fourth-order valence-electron chi connectivity index (χ4n) is 4.09. The Hall–Kier alpha value is -2.72. The van der Waals surface area contributed by atoms with Crippen molar-refractivity contribution in [3.05, 3.63) is 52.8 Å². The SMILES string of the molecule is O=c1[nH]c2oc3cc(S(=O)(=O)NCCCN4CCOCC4)ccc3c2c2ccccc12. The van der Waals surface area contributed by atoms with Crippen molar-refractivity contribution in [3.63, 3.8) is 0 Å². The lowest BCUT2D eigenvalue weighted by Crippen LogP contribution is -2.38. The van der Waals surface area contributed by atoms with Gasteiger partial charge in [0, 0.05) is 41.9 Å². The van der Waals surface area contributed by atoms with Gasteiger partial charge in [0.05, 0.1) is 23.5 Å². The van der Waals surface area contributed by atoms with Gasteiger partial charge in [0.2, 0.25) is 15.7 Å². The van der Waals surface area contributed by atoms with Gasteiger partial charge in [0.15, 0.2) is 0 Å². The third-order valence-electron chi connectivity index (χ3n) is 5.69. The predicted molar refractivity (Wildman–Crippen MR) is 119 cm³/mol. The second kappa shape index (κ2) is 8.08. The Kier molecular flexibility index (Phi) is 5.27. The van der Waals surface area contributed by atoms with Gasteiger partial charge in [0.1, 0.15) is 5.58 Å². The lowest BCUT2D eigenvalue weighted by molar-refractivity contribution is 0.0376. The summed E-state index contributed by atoms with van der Waals surface area (Å²) in [6.45, 7) is 4.40. The predicted octanol–water partition coefficient (Wildman–Crippen LogP) is 2.43. The van der Waals surface area contributed by atoms with Gasteiger partial charge in [-0.15, -0.1) is 0 Å². The molecule has 162 valence electrons. The van der Waals surface area contributed by atoms with E-state index in [4.69, 9.17) is 9.15 Å². The first kappa shape index (κ1) is 20.2. The molecule has 31 heavy (non-hydrogen) atoms. The molecule has 0 amide bonds. The number of nitrogens with zero attached hydrogens (tertiary/aromatic N) is 1. The van der Waals surface area contributed by atoms with Crippen LogP contribution in [0.5, 0.6) is 0 Å². The monoisotopic (exact) mass is 441 g/mol. The van der Waals surface area contributed by atoms with Gasteiger partial charge in [-0.1, -0.05) is 18.2 Å². The Morgan fingerprint density at radius 2 is 1.81 bits per heavy atom. The van der Waals surface area contributed by atoms with Gasteiger partial charge in [-0.2, -0.15) is 0 Å². The molecule has 0 saturated carbocycles. The Bertz CT molecular complexity index is 1420. The number of aromatic amines is 1. The number of hydrogen-bond acceptors (Lipinski definition) is 6. The number of pyridine rings is 1. The lowest BCUT2D eigenvalue weighted by atomic mass is 10.1. The summed E-state index contributed by atoms with van der Waals surface area (Å²) in [6, 6.07) is 12.1. The van der Waals surface area contributed by atoms with Crippen LogP contribution in [0, 0.1) is 0 Å². The van der Waals surface area contributed by atoms with Crippen molar-refractivity contribution in [3.8, 4) is 0 Å². The van der Waals surface area contributed by atoms with Crippen LogP contribution >= 0.6 is 0 Å². The fraction of sp³-hybridized carbons (Fsp3) is 0.318. The Morgan fingerprint density at radius 3 is 2.61 bits per heavy atom. The number of H-pyrrole nitrogens is 1. The largest absolute Gasteiger partial charge is 0.440 e. The van der Waals surface area contributed by atoms with Gasteiger partial charge in [0.25, 0.3) is 5.56 Å². The zero-order valence-corrected chi connectivity index (χ0v) is 17.7. The summed E-state index contributed by atoms with van der Waals surface area (Å²) in [6.07, 6.45) is 0.722. The highest BCUT2D eigenvalue weighted by molar-refractivity contribution is 7.89. The van der Waals surface area contributed by atoms with E-state index in [2.05, 4.69) is 14.6 Å². The standard InChI is InChI=1S/C22H23N3O5S/c26-21-17-5-2-1-4-16(17)20-18-7-6-15(14-19(18)30-22(20)24-21)31(27,28)23-8-3-9-25-10-12-29-13-11-25/h1-2,4-7,14,23H,3,8-13H2,(H,24,26). The van der Waals surface area contributed by atoms with E-state index >= 15 is 0 Å². The van der Waals surface area contributed by atoms with Gasteiger partial charge in [-0.25, -0.2) is 13.1 Å². The van der Waals surface area contributed by atoms with Gasteiger partial charge in [-0.05, 0) is 31.2 Å². The second-order valence-corrected chi connectivity index (χ2v) is 9.44. The first-order valence-electron chi connectivity index (χ1n) is 10.3. The molecule has 0 atom stereocenters. The Balaban J connectivity index is 1.40. The molecule has 0 unspecified atom stereocenters. The van der Waals surface area contributed by atoms with E-state index < -0.39 is 10.0 Å². The van der Waals surface area contributed by atoms with Crippen molar-refractivity contribution in [1.29, 1.82) is 0 Å². The molecule has 2 aromatic heterocycles. The maximum atomic E-state index is 12.8. The average molecular weight is 442 g/mol. The molecule has 3 heterocycles. The van der Waals surface area contributed by atoms with Crippen LogP contribution < -0.4 is 10.3 Å². The number of benzene rings is 2. The minimum atomic E-state index is -3.67. The quantitative estimate of drug-likeness (QED) is 0.446. The zero-order chi connectivity index (χ0) is 21.4. The van der Waals surface area contributed by atoms with Crippen molar-refractivity contribution in [2.45, 2.75) is 11.3 Å². The van der Waals surface area contributed by atoms with Crippen LogP contribution in [-0.4, -0.2) is 57.7 Å². The molecule has 5 rings (SSSR count). The highest BCUT2D eigenvalue weighted by atomic mass is 32.2. The summed E-state index contributed by atoms with van der Waals surface area (Å²) in [5.74, 6) is 0. The van der Waals surface area contributed by atoms with E-state index in [0.717, 1.165) is 55.4 Å². The van der Waals surface area contributed by atoms with Crippen LogP contribution in [0.1, 0.15) is 6.42 Å². The van der Waals surface area contributed by atoms with E-state index in [1.165, 1.54) is 6.07 Å². The van der Waals surface area contributed by atoms with E-state index in [-0.39, 0.29) is 10.5 Å². The van der Waals surface area contributed by atoms with Crippen molar-refractivity contribution >= 4 is 42.9 Å². The molecular weight excluding hydrogens is 418 g/mol. The first-order chi connectivity index (χ1) is 15.0. The average Bonchev–Trinajstić information content (AvgIpc) is 3.15. The molecule has 0 aliphatic carbocycles. The van der Waals surface area contributed by atoms with Crippen LogP contribution in [-0.2, 0) is 14.8 Å². The highest BCUT2D eigenvalue weighted by Crippen LogP contribution is 2.33. The second-order valence-electron chi connectivity index (χ2n) is 7.67. The zero-order valence-electron chi connectivity index (χ0n) is 16.9. The highest BCUT2D eigenvalue weighted by Gasteiger charge is 2.19. The molecule has 2 N–H and O–H groups in total. The van der Waals surface area contributed by atoms with Gasteiger partial charge < -0.3 is 9.15 Å². The van der Waals surface area contributed by atoms with Crippen molar-refractivity contribution in [1.82, 2.24) is 14.6 Å². The number of ether oxygens (including phenoxy) is 1. The van der Waals surface area contributed by atoms with Gasteiger partial charge in [-0.3, -0.25) is 14.7 Å². The normalized spacial score (nSPS) is 15.9. The van der Waals surface area contributed by atoms with Gasteiger partial charge >= 0.3 is 0 Å². The summed E-state index contributed by atoms with van der Waals surface area (Å²) in [5.41, 5.74) is 0.516. The molecule has 1 aliphatic heterocycles. The van der Waals surface area contributed by atoms with Crippen LogP contribution in [0.4, 0.5) is 0 Å². The number of fused-ring (bicyclic) bond motifs is 5. The number of rotatable bonds is 6. The molecule has 0 bridgehead atoms. The van der Waals surface area contributed by atoms with Crippen LogP contribution in [0.25, 0.3) is 32.8 Å². The maximum Gasteiger partial charge on any atom is 0.258 e. The number of morpholine rings is 1. The minimum Gasteiger partial charge on any atom is -0.440 e. The summed E-state index contributed by atoms with van der Waals surface area (Å²) in [5, 5.41) is 2.87. The number of aromatic nitrogens is 1. The van der Waals surface area contributed by atoms with E-state index in [0.29, 0.717) is 23.2 Å². The molecule has 9 heteroatoms. The molecule has 1 fully saturated rings. The number of furan rings is 1. The van der Waals surface area contributed by atoms with Crippen LogP contribution in [0.3, 0.4) is 0 Å². The molecule has 8 nitrogen and oxygen atoms in total. The van der Waals surface area contributed by atoms with E-state index in [1.807, 2.05) is 12.1 Å². The minimum absolute atomic E-state index is 0.136. The van der Waals surface area contributed by atoms with Crippen LogP contribution in [0.2, 0.25) is 0 Å². The lowest BCUT2D eigenvalue weighted by Gasteiger charge is -2.26. The number of sulfonamides is 1. The first-order valence-corrected chi connectivity index (χ1v) is 11.8. The molecule has 0 radical (unpaired) electrons. The number of nitrogens with one attached hydrogen (secondary N) is 2. The summed E-state index contributed by atoms with van der Waals surface area (Å²) in [4.78, 5) is 17.5. The van der Waals surface area contributed by atoms with E-state index in [1.54, 1.807) is 24.3 Å². The summed E-state index contributed by atoms with van der Waals surface area (Å²) < 4.78 is 39.3. The van der Waals surface area contributed by atoms with E-state index in [9.17, 15) is 13.2 Å². The molecule has 0 spiro atoms. The number of hydrogen-bond donors (Lipinski definition) is 2. The molecule has 4 aromatic rings. The maximum absolute atomic E-state index is 12.8. The molecular formula is C22H23N3O5S. The van der Waals surface area contributed by atoms with Crippen molar-refractivity contribution < 1.29 is 17.6 Å². The van der Waals surface area contributed by atoms with Crippen molar-refractivity contribution in [2.24, 2.45) is 0 Å². The van der Waals surface area contributed by atoms with Crippen LogP contribution in [0.15, 0.2) is 56.6 Å². The summed E-state index contributed by atoms with van der Waals surface area (Å²) >= 11 is 0. The fourth-order valence-corrected chi connectivity index (χ4v) is 5.18. The molecule has 2 aromatic carbocycles.